The molecule has 0 spiro atoms. The molecule has 3 atom stereocenters. The fourth-order valence-electron chi connectivity index (χ4n) is 2.23. The summed E-state index contributed by atoms with van der Waals surface area (Å²) in [6.45, 7) is 8.95. The first kappa shape index (κ1) is 12.1. The summed E-state index contributed by atoms with van der Waals surface area (Å²) >= 11 is 0. The van der Waals surface area contributed by atoms with Gasteiger partial charge in [0.1, 0.15) is 0 Å². The van der Waals surface area contributed by atoms with E-state index in [0.717, 1.165) is 11.8 Å². The standard InChI is InChI=1S/C11H23B/c1-5-8-10(6-2)11(7-3)9(4)12/h9-11H,5-8H2,1-4H3. The van der Waals surface area contributed by atoms with Crippen LogP contribution in [0.3, 0.4) is 0 Å². The minimum Gasteiger partial charge on any atom is -0.0771 e. The Morgan fingerprint density at radius 2 is 1.67 bits per heavy atom. The van der Waals surface area contributed by atoms with Crippen LogP contribution >= 0.6 is 0 Å². The van der Waals surface area contributed by atoms with Gasteiger partial charge in [0.25, 0.3) is 0 Å². The van der Waals surface area contributed by atoms with Gasteiger partial charge in [-0.05, 0) is 11.8 Å². The van der Waals surface area contributed by atoms with Gasteiger partial charge in [-0.15, -0.1) is 0 Å². The molecule has 0 saturated carbocycles. The normalized spacial score (nSPS) is 18.7. The summed E-state index contributed by atoms with van der Waals surface area (Å²) in [6.07, 6.45) is 5.16. The van der Waals surface area contributed by atoms with Gasteiger partial charge in [-0.2, -0.15) is 0 Å². The number of hydrogen-bond acceptors (Lipinski definition) is 0. The summed E-state index contributed by atoms with van der Waals surface area (Å²) in [7, 11) is 5.95. The van der Waals surface area contributed by atoms with Gasteiger partial charge in [-0.1, -0.05) is 59.2 Å². The molecule has 3 unspecified atom stereocenters. The van der Waals surface area contributed by atoms with Gasteiger partial charge in [0, 0.05) is 0 Å². The van der Waals surface area contributed by atoms with Crippen LogP contribution in [0.5, 0.6) is 0 Å². The highest BCUT2D eigenvalue weighted by Crippen LogP contribution is 2.31. The quantitative estimate of drug-likeness (QED) is 0.526. The smallest absolute Gasteiger partial charge is 0.0699 e. The average Bonchev–Trinajstić information content (AvgIpc) is 2.03. The highest BCUT2D eigenvalue weighted by atomic mass is 14.2. The highest BCUT2D eigenvalue weighted by molar-refractivity contribution is 6.11. The molecule has 0 fully saturated rings. The van der Waals surface area contributed by atoms with E-state index in [4.69, 9.17) is 7.85 Å². The Kier molecular flexibility index (Phi) is 6.60. The van der Waals surface area contributed by atoms with E-state index in [1.165, 1.54) is 25.7 Å². The maximum atomic E-state index is 5.95. The van der Waals surface area contributed by atoms with Gasteiger partial charge in [-0.25, -0.2) is 0 Å². The lowest BCUT2D eigenvalue weighted by Crippen LogP contribution is -2.17. The zero-order chi connectivity index (χ0) is 9.56. The van der Waals surface area contributed by atoms with Crippen molar-refractivity contribution in [3.63, 3.8) is 0 Å². The molecule has 0 nitrogen and oxygen atoms in total. The van der Waals surface area contributed by atoms with Gasteiger partial charge in [0.15, 0.2) is 0 Å². The van der Waals surface area contributed by atoms with Gasteiger partial charge in [0.05, 0.1) is 7.85 Å². The zero-order valence-corrected chi connectivity index (χ0v) is 9.14. The second kappa shape index (κ2) is 6.57. The maximum absolute atomic E-state index is 5.95. The zero-order valence-electron chi connectivity index (χ0n) is 9.14. The molecular formula is C11H23B. The van der Waals surface area contributed by atoms with E-state index in [0.29, 0.717) is 5.82 Å². The van der Waals surface area contributed by atoms with Gasteiger partial charge in [0.2, 0.25) is 0 Å². The SMILES string of the molecule is [B]C(C)C(CC)C(CC)CCC. The van der Waals surface area contributed by atoms with Crippen LogP contribution in [0.15, 0.2) is 0 Å². The van der Waals surface area contributed by atoms with Gasteiger partial charge < -0.3 is 0 Å². The third-order valence-corrected chi connectivity index (χ3v) is 2.94. The Morgan fingerprint density at radius 1 is 1.08 bits per heavy atom. The molecule has 0 rings (SSSR count). The first-order valence-electron chi connectivity index (χ1n) is 5.42. The third kappa shape index (κ3) is 3.64. The van der Waals surface area contributed by atoms with Crippen LogP contribution < -0.4 is 0 Å². The van der Waals surface area contributed by atoms with Crippen molar-refractivity contribution in [1.29, 1.82) is 0 Å². The van der Waals surface area contributed by atoms with Crippen LogP contribution in [0.2, 0.25) is 5.82 Å². The van der Waals surface area contributed by atoms with Gasteiger partial charge >= 0.3 is 0 Å². The molecule has 0 heterocycles. The van der Waals surface area contributed by atoms with Gasteiger partial charge in [-0.3, -0.25) is 0 Å². The minimum atomic E-state index is 0.367. The van der Waals surface area contributed by atoms with E-state index in [1.807, 2.05) is 0 Å². The molecule has 0 aliphatic carbocycles. The minimum absolute atomic E-state index is 0.367. The first-order chi connectivity index (χ1) is 5.67. The largest absolute Gasteiger partial charge is 0.0771 e. The molecule has 0 aliphatic rings. The predicted molar refractivity (Wildman–Crippen MR) is 57.6 cm³/mol. The molecule has 0 aliphatic heterocycles. The fourth-order valence-corrected chi connectivity index (χ4v) is 2.23. The molecule has 0 aromatic carbocycles. The summed E-state index contributed by atoms with van der Waals surface area (Å²) in [5, 5.41) is 0. The van der Waals surface area contributed by atoms with Crippen molar-refractivity contribution >= 4 is 7.85 Å². The Bertz CT molecular complexity index is 99.2. The lowest BCUT2D eigenvalue weighted by molar-refractivity contribution is 0.285. The topological polar surface area (TPSA) is 0 Å². The third-order valence-electron chi connectivity index (χ3n) is 2.94. The van der Waals surface area contributed by atoms with E-state index < -0.39 is 0 Å². The molecule has 0 saturated heterocycles. The van der Waals surface area contributed by atoms with Crippen molar-refractivity contribution in [2.24, 2.45) is 11.8 Å². The van der Waals surface area contributed by atoms with Crippen molar-refractivity contribution in [3.8, 4) is 0 Å². The fraction of sp³-hybridized carbons (Fsp3) is 1.00. The van der Waals surface area contributed by atoms with Crippen molar-refractivity contribution in [2.75, 3.05) is 0 Å². The number of rotatable bonds is 6. The molecule has 70 valence electrons. The molecule has 0 bridgehead atoms. The maximum Gasteiger partial charge on any atom is 0.0699 e. The molecule has 12 heavy (non-hydrogen) atoms. The second-order valence-electron chi connectivity index (χ2n) is 3.89. The van der Waals surface area contributed by atoms with E-state index in [-0.39, 0.29) is 0 Å². The predicted octanol–water partition coefficient (Wildman–Crippen LogP) is 3.82. The molecule has 0 aromatic heterocycles. The van der Waals surface area contributed by atoms with Crippen molar-refractivity contribution in [2.45, 2.75) is 59.2 Å². The van der Waals surface area contributed by atoms with Crippen molar-refractivity contribution in [3.05, 3.63) is 0 Å². The Balaban J connectivity index is 4.02. The van der Waals surface area contributed by atoms with Crippen LogP contribution in [0.25, 0.3) is 0 Å². The lowest BCUT2D eigenvalue weighted by Gasteiger charge is -2.28. The monoisotopic (exact) mass is 166 g/mol. The Morgan fingerprint density at radius 3 is 1.92 bits per heavy atom. The summed E-state index contributed by atoms with van der Waals surface area (Å²) in [6, 6.07) is 0. The summed E-state index contributed by atoms with van der Waals surface area (Å²) in [5.41, 5.74) is 0. The second-order valence-corrected chi connectivity index (χ2v) is 3.89. The Labute approximate surface area is 79.5 Å². The molecular weight excluding hydrogens is 143 g/mol. The average molecular weight is 166 g/mol. The molecule has 2 radical (unpaired) electrons. The lowest BCUT2D eigenvalue weighted by atomic mass is 9.69. The van der Waals surface area contributed by atoms with Crippen LogP contribution in [-0.4, -0.2) is 7.85 Å². The van der Waals surface area contributed by atoms with Crippen LogP contribution in [0.4, 0.5) is 0 Å². The number of hydrogen-bond donors (Lipinski definition) is 0. The summed E-state index contributed by atoms with van der Waals surface area (Å²) < 4.78 is 0. The van der Waals surface area contributed by atoms with E-state index >= 15 is 0 Å². The molecule has 0 N–H and O–H groups in total. The van der Waals surface area contributed by atoms with E-state index in [1.54, 1.807) is 0 Å². The van der Waals surface area contributed by atoms with Crippen molar-refractivity contribution < 1.29 is 0 Å². The van der Waals surface area contributed by atoms with Crippen LogP contribution in [-0.2, 0) is 0 Å². The van der Waals surface area contributed by atoms with Crippen LogP contribution in [0, 0.1) is 11.8 Å². The van der Waals surface area contributed by atoms with E-state index in [9.17, 15) is 0 Å². The molecule has 1 heteroatoms. The van der Waals surface area contributed by atoms with E-state index in [2.05, 4.69) is 27.7 Å². The first-order valence-corrected chi connectivity index (χ1v) is 5.42. The molecule has 0 amide bonds. The highest BCUT2D eigenvalue weighted by Gasteiger charge is 2.19. The summed E-state index contributed by atoms with van der Waals surface area (Å²) in [4.78, 5) is 0. The summed E-state index contributed by atoms with van der Waals surface area (Å²) in [5.74, 6) is 1.95. The van der Waals surface area contributed by atoms with Crippen molar-refractivity contribution in [1.82, 2.24) is 0 Å². The molecule has 0 aromatic rings. The van der Waals surface area contributed by atoms with Crippen LogP contribution in [0.1, 0.15) is 53.4 Å². The Hall–Kier alpha value is 0.0649.